The second kappa shape index (κ2) is 10.3. The molecule has 6 heteroatoms. The molecule has 1 aromatic rings. The first kappa shape index (κ1) is 20.5. The summed E-state index contributed by atoms with van der Waals surface area (Å²) in [5.74, 6) is 2.47. The highest BCUT2D eigenvalue weighted by Crippen LogP contribution is 2.20. The lowest BCUT2D eigenvalue weighted by molar-refractivity contribution is 0.120. The highest BCUT2D eigenvalue weighted by Gasteiger charge is 2.22. The number of rotatable bonds is 8. The summed E-state index contributed by atoms with van der Waals surface area (Å²) in [6.07, 6.45) is 6.90. The van der Waals surface area contributed by atoms with Gasteiger partial charge in [0.05, 0.1) is 0 Å². The number of aliphatic hydroxyl groups is 1. The number of nitrogens with zero attached hydrogens (tertiary/aromatic N) is 4. The molecule has 2 aliphatic rings. The second-order valence-electron chi connectivity index (χ2n) is 8.22. The van der Waals surface area contributed by atoms with E-state index >= 15 is 0 Å². The standard InChI is InChI=1S/C21H37N5O/c1-3-5-20-14-21(24-17(2)23-20)26-11-7-19(8-12-26)22-9-13-25-10-4-6-18(15-25)16-27/h14,18-19,22,27H,3-13,15-16H2,1-2H3/t18-/m0/s1. The van der Waals surface area contributed by atoms with Crippen molar-refractivity contribution in [3.8, 4) is 0 Å². The predicted octanol–water partition coefficient (Wildman–Crippen LogP) is 2.00. The van der Waals surface area contributed by atoms with Gasteiger partial charge in [-0.25, -0.2) is 9.97 Å². The van der Waals surface area contributed by atoms with E-state index in [0.29, 0.717) is 18.6 Å². The summed E-state index contributed by atoms with van der Waals surface area (Å²) in [6.45, 7) is 11.1. The number of hydrogen-bond donors (Lipinski definition) is 2. The minimum atomic E-state index is 0.338. The second-order valence-corrected chi connectivity index (χ2v) is 8.22. The maximum atomic E-state index is 9.37. The van der Waals surface area contributed by atoms with Crippen LogP contribution in [0.25, 0.3) is 0 Å². The summed E-state index contributed by atoms with van der Waals surface area (Å²) >= 11 is 0. The highest BCUT2D eigenvalue weighted by atomic mass is 16.3. The summed E-state index contributed by atoms with van der Waals surface area (Å²) in [5, 5.41) is 13.1. The molecule has 6 nitrogen and oxygen atoms in total. The Kier molecular flexibility index (Phi) is 7.85. The first-order chi connectivity index (χ1) is 13.2. The Hall–Kier alpha value is -1.24. The number of aliphatic hydroxyl groups excluding tert-OH is 1. The van der Waals surface area contributed by atoms with Crippen LogP contribution in [0.3, 0.4) is 0 Å². The molecule has 1 atom stereocenters. The Balaban J connectivity index is 1.40. The lowest BCUT2D eigenvalue weighted by atomic mass is 9.99. The van der Waals surface area contributed by atoms with E-state index in [-0.39, 0.29) is 0 Å². The monoisotopic (exact) mass is 375 g/mol. The number of anilines is 1. The molecule has 2 aliphatic heterocycles. The molecule has 2 N–H and O–H groups in total. The van der Waals surface area contributed by atoms with Gasteiger partial charge in [0.2, 0.25) is 0 Å². The minimum Gasteiger partial charge on any atom is -0.396 e. The van der Waals surface area contributed by atoms with Gasteiger partial charge in [0, 0.05) is 57.1 Å². The SMILES string of the molecule is CCCc1cc(N2CCC(NCCN3CCC[C@H](CO)C3)CC2)nc(C)n1. The topological polar surface area (TPSA) is 64.5 Å². The Morgan fingerprint density at radius 3 is 2.74 bits per heavy atom. The molecule has 2 fully saturated rings. The van der Waals surface area contributed by atoms with Crippen LogP contribution >= 0.6 is 0 Å². The number of aromatic nitrogens is 2. The first-order valence-electron chi connectivity index (χ1n) is 10.8. The third-order valence-corrected chi connectivity index (χ3v) is 5.92. The van der Waals surface area contributed by atoms with Gasteiger partial charge < -0.3 is 20.2 Å². The number of aryl methyl sites for hydroxylation is 2. The van der Waals surface area contributed by atoms with Crippen molar-refractivity contribution in [2.24, 2.45) is 5.92 Å². The van der Waals surface area contributed by atoms with Gasteiger partial charge in [0.25, 0.3) is 0 Å². The van der Waals surface area contributed by atoms with Gasteiger partial charge in [-0.05, 0) is 51.5 Å². The molecule has 27 heavy (non-hydrogen) atoms. The van der Waals surface area contributed by atoms with Crippen LogP contribution < -0.4 is 10.2 Å². The van der Waals surface area contributed by atoms with Crippen molar-refractivity contribution in [2.75, 3.05) is 50.8 Å². The van der Waals surface area contributed by atoms with Crippen LogP contribution in [0, 0.1) is 12.8 Å². The van der Waals surface area contributed by atoms with E-state index in [2.05, 4.69) is 38.1 Å². The van der Waals surface area contributed by atoms with Crippen LogP contribution in [-0.2, 0) is 6.42 Å². The van der Waals surface area contributed by atoms with Crippen LogP contribution in [0.5, 0.6) is 0 Å². The molecule has 0 saturated carbocycles. The third kappa shape index (κ3) is 6.13. The van der Waals surface area contributed by atoms with Crippen LogP contribution in [0.2, 0.25) is 0 Å². The Morgan fingerprint density at radius 1 is 1.19 bits per heavy atom. The zero-order valence-corrected chi connectivity index (χ0v) is 17.2. The molecule has 0 unspecified atom stereocenters. The van der Waals surface area contributed by atoms with Crippen molar-refractivity contribution in [2.45, 2.75) is 58.4 Å². The van der Waals surface area contributed by atoms with E-state index in [1.807, 2.05) is 6.92 Å². The van der Waals surface area contributed by atoms with Gasteiger partial charge in [-0.1, -0.05) is 13.3 Å². The molecule has 0 spiro atoms. The quantitative estimate of drug-likeness (QED) is 0.725. The molecule has 1 aromatic heterocycles. The van der Waals surface area contributed by atoms with Crippen LogP contribution in [0.1, 0.15) is 50.5 Å². The molecule has 0 radical (unpaired) electrons. The summed E-state index contributed by atoms with van der Waals surface area (Å²) in [6, 6.07) is 2.79. The van der Waals surface area contributed by atoms with Gasteiger partial charge in [-0.3, -0.25) is 0 Å². The molecule has 152 valence electrons. The zero-order valence-electron chi connectivity index (χ0n) is 17.2. The fraction of sp³-hybridized carbons (Fsp3) is 0.810. The van der Waals surface area contributed by atoms with Crippen molar-refractivity contribution in [3.05, 3.63) is 17.6 Å². The van der Waals surface area contributed by atoms with Crippen LogP contribution in [0.4, 0.5) is 5.82 Å². The minimum absolute atomic E-state index is 0.338. The highest BCUT2D eigenvalue weighted by molar-refractivity contribution is 5.40. The van der Waals surface area contributed by atoms with Gasteiger partial charge in [-0.15, -0.1) is 0 Å². The van der Waals surface area contributed by atoms with E-state index < -0.39 is 0 Å². The lowest BCUT2D eigenvalue weighted by Crippen LogP contribution is -2.46. The predicted molar refractivity (Wildman–Crippen MR) is 110 cm³/mol. The number of nitrogens with one attached hydrogen (secondary N) is 1. The summed E-state index contributed by atoms with van der Waals surface area (Å²) in [7, 11) is 0. The van der Waals surface area contributed by atoms with Crippen molar-refractivity contribution < 1.29 is 5.11 Å². The van der Waals surface area contributed by atoms with Crippen molar-refractivity contribution in [3.63, 3.8) is 0 Å². The fourth-order valence-corrected chi connectivity index (χ4v) is 4.40. The van der Waals surface area contributed by atoms with E-state index in [0.717, 1.165) is 57.2 Å². The largest absolute Gasteiger partial charge is 0.396 e. The Labute approximate surface area is 164 Å². The van der Waals surface area contributed by atoms with E-state index in [9.17, 15) is 5.11 Å². The average molecular weight is 376 g/mol. The molecule has 0 aromatic carbocycles. The molecule has 0 aliphatic carbocycles. The van der Waals surface area contributed by atoms with Gasteiger partial charge in [0.15, 0.2) is 0 Å². The zero-order chi connectivity index (χ0) is 19.1. The van der Waals surface area contributed by atoms with Gasteiger partial charge in [0.1, 0.15) is 11.6 Å². The molecule has 0 bridgehead atoms. The van der Waals surface area contributed by atoms with Crippen molar-refractivity contribution in [1.82, 2.24) is 20.2 Å². The smallest absolute Gasteiger partial charge is 0.132 e. The third-order valence-electron chi connectivity index (χ3n) is 5.92. The van der Waals surface area contributed by atoms with E-state index in [1.165, 1.54) is 37.9 Å². The first-order valence-corrected chi connectivity index (χ1v) is 10.8. The summed E-state index contributed by atoms with van der Waals surface area (Å²) in [5.41, 5.74) is 1.17. The average Bonchev–Trinajstić information content (AvgIpc) is 2.68. The Bertz CT molecular complexity index is 574. The molecular weight excluding hydrogens is 338 g/mol. The summed E-state index contributed by atoms with van der Waals surface area (Å²) in [4.78, 5) is 14.2. The fourth-order valence-electron chi connectivity index (χ4n) is 4.40. The molecule has 0 amide bonds. The Morgan fingerprint density at radius 2 is 2.00 bits per heavy atom. The summed E-state index contributed by atoms with van der Waals surface area (Å²) < 4.78 is 0. The lowest BCUT2D eigenvalue weighted by Gasteiger charge is -2.35. The van der Waals surface area contributed by atoms with Crippen molar-refractivity contribution >= 4 is 5.82 Å². The maximum Gasteiger partial charge on any atom is 0.132 e. The normalized spacial score (nSPS) is 22.3. The molecule has 3 heterocycles. The number of likely N-dealkylation sites (tertiary alicyclic amines) is 1. The van der Waals surface area contributed by atoms with Gasteiger partial charge >= 0.3 is 0 Å². The van der Waals surface area contributed by atoms with Gasteiger partial charge in [-0.2, -0.15) is 0 Å². The van der Waals surface area contributed by atoms with Crippen molar-refractivity contribution in [1.29, 1.82) is 0 Å². The van der Waals surface area contributed by atoms with Crippen LogP contribution in [-0.4, -0.2) is 71.9 Å². The van der Waals surface area contributed by atoms with Crippen LogP contribution in [0.15, 0.2) is 6.07 Å². The van der Waals surface area contributed by atoms with E-state index in [1.54, 1.807) is 0 Å². The maximum absolute atomic E-state index is 9.37. The number of hydrogen-bond acceptors (Lipinski definition) is 6. The number of piperidine rings is 2. The molecular formula is C21H37N5O. The molecule has 3 rings (SSSR count). The molecule has 2 saturated heterocycles. The van der Waals surface area contributed by atoms with E-state index in [4.69, 9.17) is 0 Å².